The fourth-order valence-corrected chi connectivity index (χ4v) is 4.71. The highest BCUT2D eigenvalue weighted by Gasteiger charge is 2.17. The first kappa shape index (κ1) is 24.2. The van der Waals surface area contributed by atoms with Crippen LogP contribution in [0.25, 0.3) is 22.1 Å². The van der Waals surface area contributed by atoms with Crippen LogP contribution in [-0.4, -0.2) is 37.5 Å². The van der Waals surface area contributed by atoms with Gasteiger partial charge in [-0.05, 0) is 42.9 Å². The van der Waals surface area contributed by atoms with Crippen LogP contribution in [0.1, 0.15) is 58.6 Å². The monoisotopic (exact) mass is 475 g/mol. The number of rotatable bonds is 8. The number of fused-ring (bicyclic) bond motifs is 3. The first-order valence-electron chi connectivity index (χ1n) is 11.9. The van der Waals surface area contributed by atoms with E-state index in [4.69, 9.17) is 4.98 Å². The Kier molecular flexibility index (Phi) is 7.22. The van der Waals surface area contributed by atoms with Crippen molar-refractivity contribution >= 4 is 39.7 Å². The van der Waals surface area contributed by atoms with Crippen LogP contribution < -0.4 is 5.32 Å². The maximum absolute atomic E-state index is 11.9. The summed E-state index contributed by atoms with van der Waals surface area (Å²) < 4.78 is 2.23. The van der Waals surface area contributed by atoms with Crippen molar-refractivity contribution in [1.29, 1.82) is 0 Å². The fourth-order valence-electron chi connectivity index (χ4n) is 3.99. The first-order valence-corrected chi connectivity index (χ1v) is 12.8. The number of thioether (sulfide) groups is 1. The third-order valence-electron chi connectivity index (χ3n) is 5.74. The summed E-state index contributed by atoms with van der Waals surface area (Å²) in [7, 11) is 0. The molecule has 0 saturated heterocycles. The highest BCUT2D eigenvalue weighted by atomic mass is 32.2. The molecule has 0 unspecified atom stereocenters. The molecular weight excluding hydrogens is 442 g/mol. The van der Waals surface area contributed by atoms with E-state index in [-0.39, 0.29) is 17.4 Å². The van der Waals surface area contributed by atoms with Gasteiger partial charge in [0.2, 0.25) is 11.1 Å². The number of carbonyl (C=O) groups is 1. The average Bonchev–Trinajstić information content (AvgIpc) is 3.09. The van der Waals surface area contributed by atoms with Gasteiger partial charge >= 0.3 is 0 Å². The summed E-state index contributed by atoms with van der Waals surface area (Å²) in [6.45, 7) is 11.3. The Morgan fingerprint density at radius 1 is 1.06 bits per heavy atom. The van der Waals surface area contributed by atoms with Crippen LogP contribution in [-0.2, 0) is 16.8 Å². The van der Waals surface area contributed by atoms with E-state index >= 15 is 0 Å². The molecule has 0 fully saturated rings. The Morgan fingerprint density at radius 3 is 2.50 bits per heavy atom. The summed E-state index contributed by atoms with van der Waals surface area (Å²) in [5.74, 6) is 0.857. The first-order chi connectivity index (χ1) is 16.2. The smallest absolute Gasteiger partial charge is 0.220 e. The van der Waals surface area contributed by atoms with Crippen LogP contribution in [0.5, 0.6) is 0 Å². The summed E-state index contributed by atoms with van der Waals surface area (Å²) in [6.07, 6.45) is 1.28. The molecule has 34 heavy (non-hydrogen) atoms. The second-order valence-corrected chi connectivity index (χ2v) is 11.1. The lowest BCUT2D eigenvalue weighted by Gasteiger charge is -2.19. The molecule has 6 nitrogen and oxygen atoms in total. The Bertz CT molecular complexity index is 1290. The van der Waals surface area contributed by atoms with Gasteiger partial charge in [-0.15, -0.1) is 10.2 Å². The van der Waals surface area contributed by atoms with Gasteiger partial charge in [-0.25, -0.2) is 4.98 Å². The third-order valence-corrected chi connectivity index (χ3v) is 6.67. The number of para-hydroxylation sites is 1. The van der Waals surface area contributed by atoms with E-state index < -0.39 is 0 Å². The number of hydrogen-bond donors (Lipinski definition) is 1. The Morgan fingerprint density at radius 2 is 1.79 bits per heavy atom. The van der Waals surface area contributed by atoms with Crippen molar-refractivity contribution in [2.45, 2.75) is 70.6 Å². The lowest BCUT2D eigenvalue weighted by Crippen LogP contribution is -2.29. The Labute approximate surface area is 205 Å². The van der Waals surface area contributed by atoms with E-state index in [2.05, 4.69) is 77.3 Å². The van der Waals surface area contributed by atoms with Crippen molar-refractivity contribution in [3.63, 3.8) is 0 Å². The van der Waals surface area contributed by atoms with Crippen LogP contribution in [0.2, 0.25) is 0 Å². The lowest BCUT2D eigenvalue weighted by molar-refractivity contribution is -0.121. The minimum absolute atomic E-state index is 0.0858. The van der Waals surface area contributed by atoms with Crippen LogP contribution in [0.3, 0.4) is 0 Å². The van der Waals surface area contributed by atoms with Gasteiger partial charge in [-0.2, -0.15) is 0 Å². The molecule has 0 aliphatic carbocycles. The molecule has 2 heterocycles. The molecule has 4 rings (SSSR count). The molecular formula is C27H33N5OS. The normalized spacial score (nSPS) is 12.1. The molecule has 0 aliphatic heterocycles. The number of benzene rings is 2. The predicted molar refractivity (Wildman–Crippen MR) is 140 cm³/mol. The molecule has 0 bridgehead atoms. The maximum atomic E-state index is 11.9. The zero-order valence-electron chi connectivity index (χ0n) is 20.6. The van der Waals surface area contributed by atoms with Crippen LogP contribution in [0, 0.1) is 0 Å². The van der Waals surface area contributed by atoms with Crippen molar-refractivity contribution in [2.75, 3.05) is 5.75 Å². The standard InChI is InChI=1S/C27H33N5OS/c1-18(2)28-23(33)11-8-16-34-26-29-25-24(30-31-26)21-9-6-7-10-22(21)32(25)17-19-12-14-20(15-13-19)27(3,4)5/h6-7,9-10,12-15,18H,8,11,16-17H2,1-5H3,(H,28,33). The molecule has 178 valence electrons. The van der Waals surface area contributed by atoms with E-state index in [9.17, 15) is 4.79 Å². The second-order valence-electron chi connectivity index (χ2n) is 9.99. The maximum Gasteiger partial charge on any atom is 0.220 e. The molecule has 0 saturated carbocycles. The van der Waals surface area contributed by atoms with Crippen LogP contribution in [0.4, 0.5) is 0 Å². The average molecular weight is 476 g/mol. The van der Waals surface area contributed by atoms with Crippen molar-refractivity contribution < 1.29 is 4.79 Å². The molecule has 2 aromatic heterocycles. The summed E-state index contributed by atoms with van der Waals surface area (Å²) in [4.78, 5) is 16.7. The molecule has 0 aliphatic rings. The van der Waals surface area contributed by atoms with Gasteiger partial charge in [-0.3, -0.25) is 4.79 Å². The van der Waals surface area contributed by atoms with Gasteiger partial charge in [0.15, 0.2) is 5.65 Å². The Balaban J connectivity index is 1.57. The van der Waals surface area contributed by atoms with Gasteiger partial charge < -0.3 is 9.88 Å². The number of nitrogens with zero attached hydrogens (tertiary/aromatic N) is 4. The SMILES string of the molecule is CC(C)NC(=O)CCCSc1nnc2c3ccccc3n(Cc3ccc(C(C)(C)C)cc3)c2n1. The highest BCUT2D eigenvalue weighted by molar-refractivity contribution is 7.99. The van der Waals surface area contributed by atoms with E-state index in [0.717, 1.165) is 34.2 Å². The van der Waals surface area contributed by atoms with Gasteiger partial charge in [0.1, 0.15) is 5.52 Å². The van der Waals surface area contributed by atoms with E-state index in [1.807, 2.05) is 26.0 Å². The third kappa shape index (κ3) is 5.58. The molecule has 2 aromatic carbocycles. The Hall–Kier alpha value is -2.93. The van der Waals surface area contributed by atoms with Gasteiger partial charge in [0.05, 0.1) is 5.52 Å². The number of carbonyl (C=O) groups excluding carboxylic acids is 1. The molecule has 0 spiro atoms. The van der Waals surface area contributed by atoms with E-state index in [1.54, 1.807) is 11.8 Å². The van der Waals surface area contributed by atoms with Crippen molar-refractivity contribution in [2.24, 2.45) is 0 Å². The number of hydrogen-bond acceptors (Lipinski definition) is 5. The molecule has 1 amide bonds. The molecule has 1 N–H and O–H groups in total. The summed E-state index contributed by atoms with van der Waals surface area (Å²) in [5.41, 5.74) is 5.44. The summed E-state index contributed by atoms with van der Waals surface area (Å²) in [6, 6.07) is 17.3. The second kappa shape index (κ2) is 10.1. The minimum atomic E-state index is 0.0858. The largest absolute Gasteiger partial charge is 0.354 e. The highest BCUT2D eigenvalue weighted by Crippen LogP contribution is 2.29. The lowest BCUT2D eigenvalue weighted by atomic mass is 9.87. The number of aromatic nitrogens is 4. The number of nitrogens with one attached hydrogen (secondary N) is 1. The van der Waals surface area contributed by atoms with Crippen LogP contribution >= 0.6 is 11.8 Å². The molecule has 0 radical (unpaired) electrons. The molecule has 0 atom stereocenters. The molecule has 7 heteroatoms. The van der Waals surface area contributed by atoms with Gasteiger partial charge in [-0.1, -0.05) is 75.0 Å². The van der Waals surface area contributed by atoms with Gasteiger partial charge in [0.25, 0.3) is 0 Å². The summed E-state index contributed by atoms with van der Waals surface area (Å²) >= 11 is 1.55. The van der Waals surface area contributed by atoms with Crippen molar-refractivity contribution in [3.8, 4) is 0 Å². The topological polar surface area (TPSA) is 72.7 Å². The molecule has 4 aromatic rings. The quantitative estimate of drug-likeness (QED) is 0.261. The summed E-state index contributed by atoms with van der Waals surface area (Å²) in [5, 5.41) is 13.5. The number of amides is 1. The minimum Gasteiger partial charge on any atom is -0.354 e. The predicted octanol–water partition coefficient (Wildman–Crippen LogP) is 5.72. The zero-order valence-corrected chi connectivity index (χ0v) is 21.4. The van der Waals surface area contributed by atoms with E-state index in [0.29, 0.717) is 18.1 Å². The van der Waals surface area contributed by atoms with Crippen LogP contribution in [0.15, 0.2) is 53.7 Å². The van der Waals surface area contributed by atoms with E-state index in [1.165, 1.54) is 11.1 Å². The van der Waals surface area contributed by atoms with Gasteiger partial charge in [0, 0.05) is 30.1 Å². The van der Waals surface area contributed by atoms with Crippen molar-refractivity contribution in [1.82, 2.24) is 25.1 Å². The fraction of sp³-hybridized carbons (Fsp3) is 0.407. The van der Waals surface area contributed by atoms with Crippen molar-refractivity contribution in [3.05, 3.63) is 59.7 Å². The zero-order chi connectivity index (χ0) is 24.3.